The summed E-state index contributed by atoms with van der Waals surface area (Å²) in [4.78, 5) is 35.2. The van der Waals surface area contributed by atoms with E-state index in [0.29, 0.717) is 12.0 Å². The molecule has 0 spiro atoms. The van der Waals surface area contributed by atoms with Gasteiger partial charge in [0, 0.05) is 19.4 Å². The number of amides is 2. The van der Waals surface area contributed by atoms with Gasteiger partial charge in [0.2, 0.25) is 11.8 Å². The standard InChI is InChI=1S/C18H26N2O4/c1-12(2)9-15(21)20-17(14-7-5-4-6-8-14)18(24)19-11-13(3)10-16(22)23/h4-8,12-13,17H,9-11H2,1-3H3,(H,19,24)(H,20,21)(H,22,23). The smallest absolute Gasteiger partial charge is 0.303 e. The van der Waals surface area contributed by atoms with E-state index < -0.39 is 12.0 Å². The number of hydrogen-bond acceptors (Lipinski definition) is 3. The molecule has 3 N–H and O–H groups in total. The fraction of sp³-hybridized carbons (Fsp3) is 0.500. The minimum atomic E-state index is -0.901. The average molecular weight is 334 g/mol. The van der Waals surface area contributed by atoms with Gasteiger partial charge in [-0.05, 0) is 17.4 Å². The van der Waals surface area contributed by atoms with E-state index >= 15 is 0 Å². The summed E-state index contributed by atoms with van der Waals surface area (Å²) in [7, 11) is 0. The summed E-state index contributed by atoms with van der Waals surface area (Å²) >= 11 is 0. The van der Waals surface area contributed by atoms with E-state index in [0.717, 1.165) is 0 Å². The second kappa shape index (κ2) is 9.70. The Morgan fingerprint density at radius 3 is 2.21 bits per heavy atom. The molecule has 0 fully saturated rings. The van der Waals surface area contributed by atoms with Gasteiger partial charge in [-0.2, -0.15) is 0 Å². The summed E-state index contributed by atoms with van der Waals surface area (Å²) in [6.45, 7) is 5.87. The molecule has 0 aliphatic heterocycles. The SMILES string of the molecule is CC(C)CC(=O)NC(C(=O)NCC(C)CC(=O)O)c1ccccc1. The molecule has 24 heavy (non-hydrogen) atoms. The Morgan fingerprint density at radius 2 is 1.67 bits per heavy atom. The Morgan fingerprint density at radius 1 is 1.04 bits per heavy atom. The number of benzene rings is 1. The normalized spacial score (nSPS) is 13.2. The quantitative estimate of drug-likeness (QED) is 0.644. The van der Waals surface area contributed by atoms with Crippen molar-refractivity contribution < 1.29 is 19.5 Å². The summed E-state index contributed by atoms with van der Waals surface area (Å²) in [5.74, 6) is -1.42. The van der Waals surface area contributed by atoms with Crippen LogP contribution in [0.1, 0.15) is 45.2 Å². The van der Waals surface area contributed by atoms with Crippen molar-refractivity contribution in [3.63, 3.8) is 0 Å². The van der Waals surface area contributed by atoms with Crippen molar-refractivity contribution in [2.75, 3.05) is 6.54 Å². The molecule has 0 heterocycles. The first kappa shape index (κ1) is 19.7. The molecule has 2 amide bonds. The minimum Gasteiger partial charge on any atom is -0.481 e. The lowest BCUT2D eigenvalue weighted by Crippen LogP contribution is -2.42. The lowest BCUT2D eigenvalue weighted by Gasteiger charge is -2.20. The highest BCUT2D eigenvalue weighted by Gasteiger charge is 2.23. The van der Waals surface area contributed by atoms with Crippen LogP contribution < -0.4 is 10.6 Å². The van der Waals surface area contributed by atoms with Crippen molar-refractivity contribution in [3.8, 4) is 0 Å². The molecule has 0 aliphatic rings. The van der Waals surface area contributed by atoms with E-state index in [2.05, 4.69) is 10.6 Å². The summed E-state index contributed by atoms with van der Waals surface area (Å²) in [5.41, 5.74) is 0.693. The predicted molar refractivity (Wildman–Crippen MR) is 91.2 cm³/mol. The van der Waals surface area contributed by atoms with E-state index in [-0.39, 0.29) is 36.6 Å². The summed E-state index contributed by atoms with van der Waals surface area (Å²) in [6, 6.07) is 8.22. The van der Waals surface area contributed by atoms with Crippen molar-refractivity contribution in [3.05, 3.63) is 35.9 Å². The largest absolute Gasteiger partial charge is 0.481 e. The van der Waals surface area contributed by atoms with Crippen LogP contribution in [0.5, 0.6) is 0 Å². The maximum Gasteiger partial charge on any atom is 0.303 e. The number of aliphatic carboxylic acids is 1. The van der Waals surface area contributed by atoms with Crippen LogP contribution in [0.15, 0.2) is 30.3 Å². The Labute approximate surface area is 142 Å². The maximum atomic E-state index is 12.5. The van der Waals surface area contributed by atoms with Gasteiger partial charge in [-0.25, -0.2) is 0 Å². The maximum absolute atomic E-state index is 12.5. The van der Waals surface area contributed by atoms with Crippen LogP contribution in [0.3, 0.4) is 0 Å². The first-order valence-electron chi connectivity index (χ1n) is 8.13. The average Bonchev–Trinajstić information content (AvgIpc) is 2.50. The van der Waals surface area contributed by atoms with Crippen molar-refractivity contribution in [2.24, 2.45) is 11.8 Å². The fourth-order valence-corrected chi connectivity index (χ4v) is 2.28. The third kappa shape index (κ3) is 7.26. The molecule has 1 aromatic carbocycles. The molecule has 0 radical (unpaired) electrons. The van der Waals surface area contributed by atoms with Gasteiger partial charge >= 0.3 is 5.97 Å². The van der Waals surface area contributed by atoms with Crippen LogP contribution in [0.2, 0.25) is 0 Å². The van der Waals surface area contributed by atoms with Gasteiger partial charge in [-0.1, -0.05) is 51.1 Å². The van der Waals surface area contributed by atoms with E-state index in [1.54, 1.807) is 31.2 Å². The third-order valence-electron chi connectivity index (χ3n) is 3.44. The number of rotatable bonds is 9. The molecular weight excluding hydrogens is 308 g/mol. The van der Waals surface area contributed by atoms with Crippen molar-refractivity contribution in [1.29, 1.82) is 0 Å². The number of carboxylic acids is 1. The van der Waals surface area contributed by atoms with Gasteiger partial charge in [0.1, 0.15) is 6.04 Å². The molecular formula is C18H26N2O4. The van der Waals surface area contributed by atoms with Crippen molar-refractivity contribution in [1.82, 2.24) is 10.6 Å². The Bertz CT molecular complexity index is 557. The zero-order valence-corrected chi connectivity index (χ0v) is 14.4. The first-order chi connectivity index (χ1) is 11.3. The van der Waals surface area contributed by atoms with Gasteiger partial charge in [-0.3, -0.25) is 14.4 Å². The second-order valence-corrected chi connectivity index (χ2v) is 6.46. The predicted octanol–water partition coefficient (Wildman–Crippen LogP) is 2.12. The zero-order chi connectivity index (χ0) is 18.1. The number of hydrogen-bond donors (Lipinski definition) is 3. The Hall–Kier alpha value is -2.37. The molecule has 6 nitrogen and oxygen atoms in total. The van der Waals surface area contributed by atoms with Crippen LogP contribution in [0, 0.1) is 11.8 Å². The van der Waals surface area contributed by atoms with Crippen molar-refractivity contribution in [2.45, 2.75) is 39.7 Å². The Kier molecular flexibility index (Phi) is 7.95. The Balaban J connectivity index is 2.75. The molecule has 0 saturated heterocycles. The van der Waals surface area contributed by atoms with E-state index in [1.165, 1.54) is 0 Å². The summed E-state index contributed by atoms with van der Waals surface area (Å²) < 4.78 is 0. The van der Waals surface area contributed by atoms with Crippen LogP contribution in [-0.2, 0) is 14.4 Å². The highest BCUT2D eigenvalue weighted by molar-refractivity contribution is 5.88. The highest BCUT2D eigenvalue weighted by atomic mass is 16.4. The molecule has 0 aliphatic carbocycles. The summed E-state index contributed by atoms with van der Waals surface area (Å²) in [6.07, 6.45) is 0.321. The van der Waals surface area contributed by atoms with E-state index in [9.17, 15) is 14.4 Å². The molecule has 1 rings (SSSR count). The lowest BCUT2D eigenvalue weighted by molar-refractivity contribution is -0.138. The van der Waals surface area contributed by atoms with Crippen LogP contribution >= 0.6 is 0 Å². The monoisotopic (exact) mass is 334 g/mol. The molecule has 132 valence electrons. The molecule has 0 aromatic heterocycles. The minimum absolute atomic E-state index is 0.0179. The van der Waals surface area contributed by atoms with Crippen LogP contribution in [0.4, 0.5) is 0 Å². The molecule has 0 saturated carbocycles. The van der Waals surface area contributed by atoms with E-state index in [1.807, 2.05) is 19.9 Å². The van der Waals surface area contributed by atoms with Gasteiger partial charge in [0.25, 0.3) is 0 Å². The van der Waals surface area contributed by atoms with E-state index in [4.69, 9.17) is 5.11 Å². The van der Waals surface area contributed by atoms with Gasteiger partial charge in [-0.15, -0.1) is 0 Å². The van der Waals surface area contributed by atoms with Crippen LogP contribution in [-0.4, -0.2) is 29.4 Å². The number of nitrogens with one attached hydrogen (secondary N) is 2. The molecule has 6 heteroatoms. The lowest BCUT2D eigenvalue weighted by atomic mass is 10.0. The van der Waals surface area contributed by atoms with Crippen LogP contribution in [0.25, 0.3) is 0 Å². The van der Waals surface area contributed by atoms with Crippen molar-refractivity contribution >= 4 is 17.8 Å². The van der Waals surface area contributed by atoms with Gasteiger partial charge in [0.05, 0.1) is 0 Å². The molecule has 1 aromatic rings. The fourth-order valence-electron chi connectivity index (χ4n) is 2.28. The second-order valence-electron chi connectivity index (χ2n) is 6.46. The topological polar surface area (TPSA) is 95.5 Å². The third-order valence-corrected chi connectivity index (χ3v) is 3.44. The highest BCUT2D eigenvalue weighted by Crippen LogP contribution is 2.14. The molecule has 2 atom stereocenters. The molecule has 0 bridgehead atoms. The first-order valence-corrected chi connectivity index (χ1v) is 8.13. The number of carbonyl (C=O) groups is 3. The van der Waals surface area contributed by atoms with Gasteiger partial charge < -0.3 is 15.7 Å². The number of carboxylic acid groups (broad SMARTS) is 1. The zero-order valence-electron chi connectivity index (χ0n) is 14.4. The number of carbonyl (C=O) groups excluding carboxylic acids is 2. The van der Waals surface area contributed by atoms with Gasteiger partial charge in [0.15, 0.2) is 0 Å². The molecule has 2 unspecified atom stereocenters. The summed E-state index contributed by atoms with van der Waals surface area (Å²) in [5, 5.41) is 14.3.